The lowest BCUT2D eigenvalue weighted by atomic mass is 10.0. The number of rotatable bonds is 8. The van der Waals surface area contributed by atoms with Crippen LogP contribution in [0.4, 0.5) is 0 Å². The molecule has 1 aromatic rings. The van der Waals surface area contributed by atoms with Crippen molar-refractivity contribution in [3.8, 4) is 5.75 Å². The fourth-order valence-corrected chi connectivity index (χ4v) is 3.48. The molecule has 1 atom stereocenters. The van der Waals surface area contributed by atoms with Gasteiger partial charge in [-0.15, -0.1) is 0 Å². The first-order valence-corrected chi connectivity index (χ1v) is 8.51. The Bertz CT molecular complexity index is 373. The molecule has 0 aromatic heterocycles. The highest BCUT2D eigenvalue weighted by Gasteiger charge is 2.12. The maximum atomic E-state index is 5.98. The van der Waals surface area contributed by atoms with Crippen molar-refractivity contribution in [1.29, 1.82) is 0 Å². The van der Waals surface area contributed by atoms with Gasteiger partial charge >= 0.3 is 0 Å². The SMILES string of the molecule is CCCCC(CC)COc1c(Br)cc(CN)cc1Br. The fourth-order valence-electron chi connectivity index (χ4n) is 1.97. The molecule has 0 radical (unpaired) electrons. The quantitative estimate of drug-likeness (QED) is 0.654. The van der Waals surface area contributed by atoms with Crippen LogP contribution in [0, 0.1) is 5.92 Å². The van der Waals surface area contributed by atoms with Crippen molar-refractivity contribution in [1.82, 2.24) is 0 Å². The monoisotopic (exact) mass is 391 g/mol. The molecule has 0 heterocycles. The van der Waals surface area contributed by atoms with Gasteiger partial charge in [0.25, 0.3) is 0 Å². The average molecular weight is 393 g/mol. The third-order valence-corrected chi connectivity index (χ3v) is 4.48. The highest BCUT2D eigenvalue weighted by Crippen LogP contribution is 2.35. The lowest BCUT2D eigenvalue weighted by molar-refractivity contribution is 0.231. The smallest absolute Gasteiger partial charge is 0.147 e. The van der Waals surface area contributed by atoms with E-state index >= 15 is 0 Å². The van der Waals surface area contributed by atoms with Crippen LogP contribution < -0.4 is 10.5 Å². The second-order valence-corrected chi connectivity index (χ2v) is 6.53. The summed E-state index contributed by atoms with van der Waals surface area (Å²) in [7, 11) is 0. The van der Waals surface area contributed by atoms with Crippen LogP contribution in [0.5, 0.6) is 5.75 Å². The topological polar surface area (TPSA) is 35.2 Å². The van der Waals surface area contributed by atoms with E-state index in [-0.39, 0.29) is 0 Å². The molecule has 19 heavy (non-hydrogen) atoms. The summed E-state index contributed by atoms with van der Waals surface area (Å²) < 4.78 is 7.91. The van der Waals surface area contributed by atoms with Crippen LogP contribution in [0.2, 0.25) is 0 Å². The summed E-state index contributed by atoms with van der Waals surface area (Å²) in [6, 6.07) is 4.04. The minimum absolute atomic E-state index is 0.533. The van der Waals surface area contributed by atoms with E-state index in [1.165, 1.54) is 19.3 Å². The molecule has 4 heteroatoms. The fraction of sp³-hybridized carbons (Fsp3) is 0.600. The van der Waals surface area contributed by atoms with Crippen molar-refractivity contribution >= 4 is 31.9 Å². The summed E-state index contributed by atoms with van der Waals surface area (Å²) in [6.07, 6.45) is 4.92. The molecule has 0 fully saturated rings. The predicted molar refractivity (Wildman–Crippen MR) is 88.5 cm³/mol. The Balaban J connectivity index is 2.66. The van der Waals surface area contributed by atoms with Crippen molar-refractivity contribution in [3.63, 3.8) is 0 Å². The Morgan fingerprint density at radius 3 is 2.32 bits per heavy atom. The van der Waals surface area contributed by atoms with Crippen molar-refractivity contribution < 1.29 is 4.74 Å². The molecule has 2 N–H and O–H groups in total. The molecule has 0 saturated heterocycles. The maximum Gasteiger partial charge on any atom is 0.147 e. The van der Waals surface area contributed by atoms with E-state index < -0.39 is 0 Å². The van der Waals surface area contributed by atoms with Gasteiger partial charge in [0.2, 0.25) is 0 Å². The van der Waals surface area contributed by atoms with Gasteiger partial charge in [0.1, 0.15) is 5.75 Å². The number of nitrogens with two attached hydrogens (primary N) is 1. The Morgan fingerprint density at radius 2 is 1.84 bits per heavy atom. The molecule has 0 spiro atoms. The molecule has 0 aliphatic carbocycles. The van der Waals surface area contributed by atoms with Gasteiger partial charge in [-0.1, -0.05) is 33.1 Å². The molecule has 1 unspecified atom stereocenters. The average Bonchev–Trinajstić information content (AvgIpc) is 2.40. The molecule has 108 valence electrons. The lowest BCUT2D eigenvalue weighted by Gasteiger charge is -2.17. The first kappa shape index (κ1) is 17.0. The second-order valence-electron chi connectivity index (χ2n) is 4.82. The molecular weight excluding hydrogens is 370 g/mol. The molecular formula is C15H23Br2NO. The van der Waals surface area contributed by atoms with Gasteiger partial charge in [-0.2, -0.15) is 0 Å². The zero-order valence-electron chi connectivity index (χ0n) is 11.7. The normalized spacial score (nSPS) is 12.5. The molecule has 1 rings (SSSR count). The van der Waals surface area contributed by atoms with Crippen molar-refractivity contribution in [2.45, 2.75) is 46.1 Å². The Kier molecular flexibility index (Phi) is 8.03. The van der Waals surface area contributed by atoms with Gasteiger partial charge in [0, 0.05) is 6.54 Å². The third kappa shape index (κ3) is 5.44. The third-order valence-electron chi connectivity index (χ3n) is 3.30. The van der Waals surface area contributed by atoms with Crippen molar-refractivity contribution in [2.24, 2.45) is 11.7 Å². The largest absolute Gasteiger partial charge is 0.491 e. The first-order valence-electron chi connectivity index (χ1n) is 6.93. The Morgan fingerprint density at radius 1 is 1.21 bits per heavy atom. The summed E-state index contributed by atoms with van der Waals surface area (Å²) in [5.41, 5.74) is 6.74. The standard InChI is InChI=1S/C15H23Br2NO/c1-3-5-6-11(4-2)10-19-15-13(16)7-12(9-18)8-14(15)17/h7-8,11H,3-6,9-10,18H2,1-2H3. The van der Waals surface area contributed by atoms with Gasteiger partial charge in [-0.05, 0) is 61.9 Å². The number of hydrogen-bond acceptors (Lipinski definition) is 2. The van der Waals surface area contributed by atoms with Crippen LogP contribution in [0.25, 0.3) is 0 Å². The van der Waals surface area contributed by atoms with Gasteiger partial charge in [0.15, 0.2) is 0 Å². The van der Waals surface area contributed by atoms with Gasteiger partial charge in [-0.25, -0.2) is 0 Å². The Labute approximate surface area is 133 Å². The van der Waals surface area contributed by atoms with E-state index in [0.717, 1.165) is 33.3 Å². The van der Waals surface area contributed by atoms with Crippen LogP contribution >= 0.6 is 31.9 Å². The van der Waals surface area contributed by atoms with Gasteiger partial charge < -0.3 is 10.5 Å². The van der Waals surface area contributed by atoms with Crippen LogP contribution in [0.3, 0.4) is 0 Å². The van der Waals surface area contributed by atoms with E-state index in [9.17, 15) is 0 Å². The highest BCUT2D eigenvalue weighted by atomic mass is 79.9. The minimum atomic E-state index is 0.533. The summed E-state index contributed by atoms with van der Waals surface area (Å²) in [4.78, 5) is 0. The summed E-state index contributed by atoms with van der Waals surface area (Å²) >= 11 is 7.11. The predicted octanol–water partition coefficient (Wildman–Crippen LogP) is 5.27. The van der Waals surface area contributed by atoms with E-state index in [4.69, 9.17) is 10.5 Å². The lowest BCUT2D eigenvalue weighted by Crippen LogP contribution is -2.12. The van der Waals surface area contributed by atoms with Crippen LogP contribution in [-0.2, 0) is 6.54 Å². The zero-order valence-corrected chi connectivity index (χ0v) is 14.9. The number of unbranched alkanes of at least 4 members (excludes halogenated alkanes) is 1. The molecule has 0 aliphatic heterocycles. The Hall–Kier alpha value is -0.0600. The summed E-state index contributed by atoms with van der Waals surface area (Å²) in [5, 5.41) is 0. The molecule has 0 amide bonds. The minimum Gasteiger partial charge on any atom is -0.491 e. The number of ether oxygens (including phenoxy) is 1. The molecule has 0 saturated carbocycles. The molecule has 1 aromatic carbocycles. The zero-order chi connectivity index (χ0) is 14.3. The number of hydrogen-bond donors (Lipinski definition) is 1. The van der Waals surface area contributed by atoms with Crippen molar-refractivity contribution in [2.75, 3.05) is 6.61 Å². The van der Waals surface area contributed by atoms with E-state index in [2.05, 4.69) is 45.7 Å². The second kappa shape index (κ2) is 8.98. The van der Waals surface area contributed by atoms with Crippen LogP contribution in [0.1, 0.15) is 45.1 Å². The van der Waals surface area contributed by atoms with E-state index in [1.54, 1.807) is 0 Å². The molecule has 0 aliphatic rings. The van der Waals surface area contributed by atoms with Crippen LogP contribution in [-0.4, -0.2) is 6.61 Å². The first-order chi connectivity index (χ1) is 9.12. The summed E-state index contributed by atoms with van der Waals surface area (Å²) in [6.45, 7) is 5.76. The maximum absolute atomic E-state index is 5.98. The molecule has 0 bridgehead atoms. The van der Waals surface area contributed by atoms with E-state index in [1.807, 2.05) is 12.1 Å². The van der Waals surface area contributed by atoms with Crippen LogP contribution in [0.15, 0.2) is 21.1 Å². The van der Waals surface area contributed by atoms with Gasteiger partial charge in [0.05, 0.1) is 15.6 Å². The highest BCUT2D eigenvalue weighted by molar-refractivity contribution is 9.11. The molecule has 2 nitrogen and oxygen atoms in total. The number of halogens is 2. The number of benzene rings is 1. The van der Waals surface area contributed by atoms with Crippen molar-refractivity contribution in [3.05, 3.63) is 26.6 Å². The summed E-state index contributed by atoms with van der Waals surface area (Å²) in [5.74, 6) is 1.51. The van der Waals surface area contributed by atoms with Gasteiger partial charge in [-0.3, -0.25) is 0 Å². The van der Waals surface area contributed by atoms with E-state index in [0.29, 0.717) is 12.5 Å².